The van der Waals surface area contributed by atoms with Gasteiger partial charge in [-0.2, -0.15) is 5.10 Å². The maximum absolute atomic E-state index is 12.7. The highest BCUT2D eigenvalue weighted by atomic mass is 35.5. The summed E-state index contributed by atoms with van der Waals surface area (Å²) in [6, 6.07) is 8.28. The largest absolute Gasteiger partial charge is 0.331 e. The van der Waals surface area contributed by atoms with Gasteiger partial charge in [0.25, 0.3) is 5.91 Å². The average molecular weight is 360 g/mol. The molecule has 0 unspecified atom stereocenters. The molecule has 2 N–H and O–H groups in total. The Hall–Kier alpha value is -1.92. The van der Waals surface area contributed by atoms with Crippen molar-refractivity contribution < 1.29 is 4.79 Å². The molecular formula is C18H22ClN5O. The van der Waals surface area contributed by atoms with Crippen LogP contribution in [0.2, 0.25) is 5.02 Å². The number of nitrogens with zero attached hydrogens (tertiary/aromatic N) is 4. The van der Waals surface area contributed by atoms with E-state index in [-0.39, 0.29) is 17.4 Å². The van der Waals surface area contributed by atoms with E-state index in [0.29, 0.717) is 25.5 Å². The summed E-state index contributed by atoms with van der Waals surface area (Å²) in [7, 11) is 0. The van der Waals surface area contributed by atoms with Crippen molar-refractivity contribution in [3.63, 3.8) is 0 Å². The van der Waals surface area contributed by atoms with E-state index in [1.54, 1.807) is 4.68 Å². The summed E-state index contributed by atoms with van der Waals surface area (Å²) < 4.78 is 1.69. The monoisotopic (exact) mass is 359 g/mol. The molecule has 2 aromatic rings. The van der Waals surface area contributed by atoms with Gasteiger partial charge in [-0.1, -0.05) is 23.7 Å². The van der Waals surface area contributed by atoms with E-state index >= 15 is 0 Å². The predicted molar refractivity (Wildman–Crippen MR) is 95.5 cm³/mol. The van der Waals surface area contributed by atoms with Gasteiger partial charge in [-0.25, -0.2) is 9.67 Å². The maximum atomic E-state index is 12.7. The minimum atomic E-state index is -0.0414. The zero-order valence-corrected chi connectivity index (χ0v) is 14.8. The lowest BCUT2D eigenvalue weighted by Crippen LogP contribution is -2.51. The number of rotatable bonds is 3. The molecule has 1 amide bonds. The molecule has 132 valence electrons. The van der Waals surface area contributed by atoms with Crippen LogP contribution in [0.4, 0.5) is 0 Å². The first-order valence-electron chi connectivity index (χ1n) is 8.78. The highest BCUT2D eigenvalue weighted by Gasteiger charge is 2.40. The summed E-state index contributed by atoms with van der Waals surface area (Å²) >= 11 is 6.18. The predicted octanol–water partition coefficient (Wildman–Crippen LogP) is 2.23. The molecule has 2 aliphatic rings. The fraction of sp³-hybridized carbons (Fsp3) is 0.500. The van der Waals surface area contributed by atoms with Crippen molar-refractivity contribution >= 4 is 17.5 Å². The summed E-state index contributed by atoms with van der Waals surface area (Å²) in [5.74, 6) is 0.452. The molecule has 1 saturated carbocycles. The molecule has 0 spiro atoms. The van der Waals surface area contributed by atoms with Crippen LogP contribution in [0.3, 0.4) is 0 Å². The van der Waals surface area contributed by atoms with Crippen LogP contribution in [-0.4, -0.2) is 44.7 Å². The number of hydrogen-bond donors (Lipinski definition) is 1. The molecule has 1 fully saturated rings. The SMILES string of the molecule is NCC1(c2cccc(Cl)c2)CCC(N2CCn3ncnc3C2=O)CC1. The van der Waals surface area contributed by atoms with Gasteiger partial charge in [0, 0.05) is 29.6 Å². The standard InChI is InChI=1S/C18H22ClN5O/c19-14-3-1-2-13(10-14)18(11-20)6-4-15(5-7-18)23-8-9-24-16(17(23)25)21-12-22-24/h1-3,10,12,15H,4-9,11,20H2. The number of nitrogens with two attached hydrogens (primary N) is 1. The van der Waals surface area contributed by atoms with Gasteiger partial charge in [0.1, 0.15) is 6.33 Å². The summed E-state index contributed by atoms with van der Waals surface area (Å²) in [6.45, 7) is 2.02. The molecule has 7 heteroatoms. The second-order valence-electron chi connectivity index (χ2n) is 7.03. The topological polar surface area (TPSA) is 77.0 Å². The number of carbonyl (C=O) groups excluding carboxylic acids is 1. The van der Waals surface area contributed by atoms with E-state index in [2.05, 4.69) is 16.1 Å². The summed E-state index contributed by atoms with van der Waals surface area (Å²) in [5.41, 5.74) is 7.35. The molecule has 25 heavy (non-hydrogen) atoms. The number of benzene rings is 1. The van der Waals surface area contributed by atoms with E-state index in [4.69, 9.17) is 17.3 Å². The Bertz CT molecular complexity index is 781. The Morgan fingerprint density at radius 3 is 2.80 bits per heavy atom. The third-order valence-corrected chi connectivity index (χ3v) is 6.04. The van der Waals surface area contributed by atoms with E-state index in [9.17, 15) is 4.79 Å². The van der Waals surface area contributed by atoms with Crippen LogP contribution < -0.4 is 5.73 Å². The van der Waals surface area contributed by atoms with Gasteiger partial charge in [-0.3, -0.25) is 4.79 Å². The molecule has 2 heterocycles. The first-order valence-corrected chi connectivity index (χ1v) is 9.16. The van der Waals surface area contributed by atoms with Crippen LogP contribution in [0.15, 0.2) is 30.6 Å². The van der Waals surface area contributed by atoms with Gasteiger partial charge < -0.3 is 10.6 Å². The Kier molecular flexibility index (Phi) is 4.25. The van der Waals surface area contributed by atoms with E-state index in [1.807, 2.05) is 23.1 Å². The summed E-state index contributed by atoms with van der Waals surface area (Å²) in [4.78, 5) is 18.8. The van der Waals surface area contributed by atoms with E-state index in [1.165, 1.54) is 11.9 Å². The molecule has 4 rings (SSSR count). The molecule has 1 aromatic heterocycles. The van der Waals surface area contributed by atoms with Gasteiger partial charge in [-0.05, 0) is 43.4 Å². The lowest BCUT2D eigenvalue weighted by Gasteiger charge is -2.44. The van der Waals surface area contributed by atoms with Gasteiger partial charge in [0.05, 0.1) is 6.54 Å². The van der Waals surface area contributed by atoms with Crippen molar-refractivity contribution in [3.8, 4) is 0 Å². The zero-order chi connectivity index (χ0) is 17.4. The minimum absolute atomic E-state index is 0.00301. The van der Waals surface area contributed by atoms with E-state index < -0.39 is 0 Å². The number of hydrogen-bond acceptors (Lipinski definition) is 4. The van der Waals surface area contributed by atoms with Crippen LogP contribution in [0.5, 0.6) is 0 Å². The number of halogens is 1. The molecule has 0 atom stereocenters. The number of carbonyl (C=O) groups is 1. The van der Waals surface area contributed by atoms with Crippen molar-refractivity contribution in [1.82, 2.24) is 19.7 Å². The number of amides is 1. The van der Waals surface area contributed by atoms with Crippen LogP contribution >= 0.6 is 11.6 Å². The van der Waals surface area contributed by atoms with Crippen LogP contribution in [-0.2, 0) is 12.0 Å². The molecule has 0 bridgehead atoms. The Balaban J connectivity index is 1.50. The van der Waals surface area contributed by atoms with Gasteiger partial charge in [0.2, 0.25) is 5.82 Å². The minimum Gasteiger partial charge on any atom is -0.331 e. The number of aromatic nitrogens is 3. The first-order chi connectivity index (χ1) is 12.1. The van der Waals surface area contributed by atoms with Crippen molar-refractivity contribution in [2.24, 2.45) is 5.73 Å². The molecule has 1 aliphatic carbocycles. The second kappa shape index (κ2) is 6.42. The second-order valence-corrected chi connectivity index (χ2v) is 7.47. The van der Waals surface area contributed by atoms with E-state index in [0.717, 1.165) is 30.7 Å². The summed E-state index contributed by atoms with van der Waals surface area (Å²) in [5, 5.41) is 4.85. The highest BCUT2D eigenvalue weighted by Crippen LogP contribution is 2.41. The van der Waals surface area contributed by atoms with Crippen LogP contribution in [0.1, 0.15) is 41.9 Å². The highest BCUT2D eigenvalue weighted by molar-refractivity contribution is 6.30. The lowest BCUT2D eigenvalue weighted by molar-refractivity contribution is 0.0514. The first kappa shape index (κ1) is 16.5. The van der Waals surface area contributed by atoms with Crippen LogP contribution in [0, 0.1) is 0 Å². The third kappa shape index (κ3) is 2.83. The quantitative estimate of drug-likeness (QED) is 0.911. The molecule has 0 radical (unpaired) electrons. The van der Waals surface area contributed by atoms with Gasteiger partial charge >= 0.3 is 0 Å². The maximum Gasteiger partial charge on any atom is 0.291 e. The van der Waals surface area contributed by atoms with Crippen molar-refractivity contribution in [3.05, 3.63) is 47.0 Å². The smallest absolute Gasteiger partial charge is 0.291 e. The lowest BCUT2D eigenvalue weighted by atomic mass is 9.68. The Morgan fingerprint density at radius 1 is 1.28 bits per heavy atom. The van der Waals surface area contributed by atoms with Crippen molar-refractivity contribution in [2.75, 3.05) is 13.1 Å². The molecule has 1 aliphatic heterocycles. The van der Waals surface area contributed by atoms with Crippen molar-refractivity contribution in [1.29, 1.82) is 0 Å². The average Bonchev–Trinajstić information content (AvgIpc) is 3.12. The normalized spacial score (nSPS) is 26.6. The van der Waals surface area contributed by atoms with Gasteiger partial charge in [-0.15, -0.1) is 0 Å². The number of fused-ring (bicyclic) bond motifs is 1. The Labute approximate surface area is 152 Å². The fourth-order valence-corrected chi connectivity index (χ4v) is 4.46. The molecular weight excluding hydrogens is 338 g/mol. The Morgan fingerprint density at radius 2 is 2.08 bits per heavy atom. The zero-order valence-electron chi connectivity index (χ0n) is 14.1. The fourth-order valence-electron chi connectivity index (χ4n) is 4.27. The third-order valence-electron chi connectivity index (χ3n) is 5.80. The molecule has 0 saturated heterocycles. The molecule has 6 nitrogen and oxygen atoms in total. The van der Waals surface area contributed by atoms with Crippen LogP contribution in [0.25, 0.3) is 0 Å². The summed E-state index contributed by atoms with van der Waals surface area (Å²) in [6.07, 6.45) is 5.28. The van der Waals surface area contributed by atoms with Gasteiger partial charge in [0.15, 0.2) is 0 Å². The van der Waals surface area contributed by atoms with Crippen molar-refractivity contribution in [2.45, 2.75) is 43.7 Å². The molecule has 1 aromatic carbocycles.